The fraction of sp³-hybridized carbons (Fsp3) is 0.444. The first-order chi connectivity index (χ1) is 14.0. The molecule has 1 fully saturated rings. The summed E-state index contributed by atoms with van der Waals surface area (Å²) in [5.74, 6) is -0.913. The lowest BCUT2D eigenvalue weighted by atomic mass is 10.0. The van der Waals surface area contributed by atoms with Crippen molar-refractivity contribution in [3.63, 3.8) is 0 Å². The normalized spacial score (nSPS) is 16.3. The Morgan fingerprint density at radius 3 is 2.43 bits per heavy atom. The SMILES string of the molecule is CS(=O)(=O)N(CC(F)(F)F)C1CCN(C(=O)c2cnn(-c3ccccc3F)c2)CC1. The molecular weight excluding hydrogens is 428 g/mol. The molecule has 0 atom stereocenters. The molecule has 1 aromatic carbocycles. The number of para-hydroxylation sites is 1. The van der Waals surface area contributed by atoms with Gasteiger partial charge in [-0.3, -0.25) is 4.79 Å². The van der Waals surface area contributed by atoms with Crippen LogP contribution in [0, 0.1) is 5.82 Å². The quantitative estimate of drug-likeness (QED) is 0.659. The molecule has 0 bridgehead atoms. The minimum Gasteiger partial charge on any atom is -0.338 e. The molecule has 0 spiro atoms. The fourth-order valence-corrected chi connectivity index (χ4v) is 4.57. The van der Waals surface area contributed by atoms with Gasteiger partial charge in [0.15, 0.2) is 0 Å². The number of carbonyl (C=O) groups is 1. The highest BCUT2D eigenvalue weighted by Crippen LogP contribution is 2.26. The van der Waals surface area contributed by atoms with Crippen LogP contribution in [-0.2, 0) is 10.0 Å². The third kappa shape index (κ3) is 5.17. The van der Waals surface area contributed by atoms with Crippen LogP contribution in [-0.4, -0.2) is 71.4 Å². The van der Waals surface area contributed by atoms with E-state index in [4.69, 9.17) is 0 Å². The number of hydrogen-bond donors (Lipinski definition) is 0. The fourth-order valence-electron chi connectivity index (χ4n) is 3.44. The van der Waals surface area contributed by atoms with Crippen molar-refractivity contribution < 1.29 is 30.8 Å². The summed E-state index contributed by atoms with van der Waals surface area (Å²) in [5, 5.41) is 4.00. The van der Waals surface area contributed by atoms with Crippen LogP contribution >= 0.6 is 0 Å². The minimum atomic E-state index is -4.66. The lowest BCUT2D eigenvalue weighted by molar-refractivity contribution is -0.140. The lowest BCUT2D eigenvalue weighted by Crippen LogP contribution is -2.51. The maximum Gasteiger partial charge on any atom is 0.402 e. The van der Waals surface area contributed by atoms with Crippen LogP contribution in [0.1, 0.15) is 23.2 Å². The second-order valence-corrected chi connectivity index (χ2v) is 9.01. The first-order valence-corrected chi connectivity index (χ1v) is 10.9. The van der Waals surface area contributed by atoms with E-state index in [1.165, 1.54) is 40.2 Å². The number of halogens is 4. The van der Waals surface area contributed by atoms with Crippen molar-refractivity contribution in [3.05, 3.63) is 48.0 Å². The summed E-state index contributed by atoms with van der Waals surface area (Å²) in [6.45, 7) is -1.36. The molecule has 2 aromatic rings. The molecule has 1 aromatic heterocycles. The first-order valence-electron chi connectivity index (χ1n) is 9.08. The van der Waals surface area contributed by atoms with Gasteiger partial charge >= 0.3 is 6.18 Å². The van der Waals surface area contributed by atoms with E-state index in [2.05, 4.69) is 5.10 Å². The van der Waals surface area contributed by atoms with Gasteiger partial charge in [-0.05, 0) is 25.0 Å². The van der Waals surface area contributed by atoms with Crippen molar-refractivity contribution in [3.8, 4) is 5.69 Å². The van der Waals surface area contributed by atoms with Gasteiger partial charge in [-0.2, -0.15) is 22.6 Å². The van der Waals surface area contributed by atoms with E-state index in [0.29, 0.717) is 4.31 Å². The van der Waals surface area contributed by atoms with E-state index in [9.17, 15) is 30.8 Å². The Bertz CT molecular complexity index is 1010. The number of alkyl halides is 3. The number of amides is 1. The van der Waals surface area contributed by atoms with Crippen molar-refractivity contribution >= 4 is 15.9 Å². The van der Waals surface area contributed by atoms with Gasteiger partial charge in [-0.1, -0.05) is 12.1 Å². The number of aromatic nitrogens is 2. The molecule has 30 heavy (non-hydrogen) atoms. The second kappa shape index (κ2) is 8.34. The number of rotatable bonds is 5. The van der Waals surface area contributed by atoms with Gasteiger partial charge in [-0.25, -0.2) is 17.5 Å². The molecule has 7 nitrogen and oxygen atoms in total. The van der Waals surface area contributed by atoms with Crippen molar-refractivity contribution in [1.82, 2.24) is 19.0 Å². The molecule has 2 heterocycles. The molecule has 0 aliphatic carbocycles. The maximum absolute atomic E-state index is 13.9. The Labute approximate surface area is 170 Å². The Kier molecular flexibility index (Phi) is 6.18. The zero-order valence-electron chi connectivity index (χ0n) is 16.0. The van der Waals surface area contributed by atoms with E-state index < -0.39 is 40.5 Å². The van der Waals surface area contributed by atoms with Crippen LogP contribution in [0.5, 0.6) is 0 Å². The summed E-state index contributed by atoms with van der Waals surface area (Å²) in [6, 6.07) is 5.07. The molecule has 164 valence electrons. The molecule has 1 aliphatic heterocycles. The number of hydrogen-bond acceptors (Lipinski definition) is 4. The minimum absolute atomic E-state index is 0.0797. The van der Waals surface area contributed by atoms with E-state index in [-0.39, 0.29) is 37.2 Å². The highest BCUT2D eigenvalue weighted by atomic mass is 32.2. The average Bonchev–Trinajstić information content (AvgIpc) is 3.14. The van der Waals surface area contributed by atoms with Crippen molar-refractivity contribution in [1.29, 1.82) is 0 Å². The van der Waals surface area contributed by atoms with Gasteiger partial charge in [0.2, 0.25) is 10.0 Å². The van der Waals surface area contributed by atoms with Crippen LogP contribution < -0.4 is 0 Å². The van der Waals surface area contributed by atoms with Crippen LogP contribution in [0.2, 0.25) is 0 Å². The van der Waals surface area contributed by atoms with Gasteiger partial charge in [0.25, 0.3) is 5.91 Å². The number of likely N-dealkylation sites (tertiary alicyclic amines) is 1. The highest BCUT2D eigenvalue weighted by molar-refractivity contribution is 7.88. The largest absolute Gasteiger partial charge is 0.402 e. The van der Waals surface area contributed by atoms with Crippen LogP contribution in [0.3, 0.4) is 0 Å². The molecule has 0 radical (unpaired) electrons. The number of sulfonamides is 1. The maximum atomic E-state index is 13.9. The molecule has 3 rings (SSSR count). The number of nitrogens with zero attached hydrogens (tertiary/aromatic N) is 4. The van der Waals surface area contributed by atoms with Crippen molar-refractivity contribution in [2.24, 2.45) is 0 Å². The highest BCUT2D eigenvalue weighted by Gasteiger charge is 2.40. The lowest BCUT2D eigenvalue weighted by Gasteiger charge is -2.37. The standard InChI is InChI=1S/C18H20F4N4O3S/c1-30(28,29)26(12-18(20,21)22)14-6-8-24(9-7-14)17(27)13-10-23-25(11-13)16-5-3-2-4-15(16)19/h2-5,10-11,14H,6-9,12H2,1H3. The van der Waals surface area contributed by atoms with Gasteiger partial charge in [-0.15, -0.1) is 0 Å². The topological polar surface area (TPSA) is 75.5 Å². The van der Waals surface area contributed by atoms with E-state index in [1.807, 2.05) is 0 Å². The molecule has 1 aliphatic rings. The van der Waals surface area contributed by atoms with Crippen LogP contribution in [0.25, 0.3) is 5.69 Å². The number of piperidine rings is 1. The molecular formula is C18H20F4N4O3S. The predicted molar refractivity (Wildman–Crippen MR) is 100 cm³/mol. The third-order valence-electron chi connectivity index (χ3n) is 4.85. The third-order valence-corrected chi connectivity index (χ3v) is 6.13. The summed E-state index contributed by atoms with van der Waals surface area (Å²) in [5.41, 5.74) is 0.373. The second-order valence-electron chi connectivity index (χ2n) is 7.07. The summed E-state index contributed by atoms with van der Waals surface area (Å²) in [4.78, 5) is 14.1. The van der Waals surface area contributed by atoms with Crippen molar-refractivity contribution in [2.45, 2.75) is 25.1 Å². The van der Waals surface area contributed by atoms with Gasteiger partial charge in [0.05, 0.1) is 18.0 Å². The van der Waals surface area contributed by atoms with Crippen LogP contribution in [0.15, 0.2) is 36.7 Å². The monoisotopic (exact) mass is 448 g/mol. The average molecular weight is 448 g/mol. The number of benzene rings is 1. The summed E-state index contributed by atoms with van der Waals surface area (Å²) >= 11 is 0. The van der Waals surface area contributed by atoms with E-state index in [1.54, 1.807) is 6.07 Å². The molecule has 12 heteroatoms. The Balaban J connectivity index is 1.68. The zero-order chi connectivity index (χ0) is 22.1. The Morgan fingerprint density at radius 2 is 1.87 bits per heavy atom. The van der Waals surface area contributed by atoms with Gasteiger partial charge < -0.3 is 4.90 Å². The molecule has 0 N–H and O–H groups in total. The molecule has 1 amide bonds. The van der Waals surface area contributed by atoms with Gasteiger partial charge in [0.1, 0.15) is 18.0 Å². The van der Waals surface area contributed by atoms with E-state index in [0.717, 1.165) is 6.26 Å². The Morgan fingerprint density at radius 1 is 1.23 bits per heavy atom. The summed E-state index contributed by atoms with van der Waals surface area (Å²) in [6.07, 6.45) is -1.09. The summed E-state index contributed by atoms with van der Waals surface area (Å²) < 4.78 is 77.5. The Hall–Kier alpha value is -2.47. The molecule has 1 saturated heterocycles. The number of carbonyl (C=O) groups excluding carboxylic acids is 1. The van der Waals surface area contributed by atoms with Crippen LogP contribution in [0.4, 0.5) is 17.6 Å². The summed E-state index contributed by atoms with van der Waals surface area (Å²) in [7, 11) is -4.06. The van der Waals surface area contributed by atoms with Gasteiger partial charge in [0, 0.05) is 25.3 Å². The predicted octanol–water partition coefficient (Wildman–Crippen LogP) is 2.44. The first kappa shape index (κ1) is 22.2. The zero-order valence-corrected chi connectivity index (χ0v) is 16.8. The van der Waals surface area contributed by atoms with Crippen molar-refractivity contribution in [2.75, 3.05) is 25.9 Å². The van der Waals surface area contributed by atoms with E-state index >= 15 is 0 Å². The molecule has 0 unspecified atom stereocenters. The molecule has 0 saturated carbocycles. The smallest absolute Gasteiger partial charge is 0.338 e.